The van der Waals surface area contributed by atoms with Crippen molar-refractivity contribution in [1.82, 2.24) is 10.0 Å². The third-order valence-electron chi connectivity index (χ3n) is 5.78. The number of nitrogens with one attached hydrogen (secondary N) is 2. The molecule has 5 nitrogen and oxygen atoms in total. The molecule has 0 bridgehead atoms. The number of carbonyl (C=O) groups excluding carboxylic acids is 1. The molecule has 1 saturated carbocycles. The Morgan fingerprint density at radius 2 is 1.66 bits per heavy atom. The van der Waals surface area contributed by atoms with E-state index in [0.717, 1.165) is 23.4 Å². The number of sulfonamides is 1. The maximum atomic E-state index is 12.4. The second kappa shape index (κ2) is 9.28. The monoisotopic (exact) mass is 434 g/mol. The molecule has 1 fully saturated rings. The van der Waals surface area contributed by atoms with Gasteiger partial charge < -0.3 is 5.32 Å². The lowest BCUT2D eigenvalue weighted by Gasteiger charge is -2.30. The van der Waals surface area contributed by atoms with E-state index in [2.05, 4.69) is 22.2 Å². The SMILES string of the molecule is CNS(=O)(=O)c1ccc(CCC(=O)NCC2(c3ccc(Cl)cc3)CCCC2)cc1. The second-order valence-corrected chi connectivity index (χ2v) is 9.95. The highest BCUT2D eigenvalue weighted by atomic mass is 35.5. The van der Waals surface area contributed by atoms with Gasteiger partial charge in [-0.3, -0.25) is 4.79 Å². The molecule has 29 heavy (non-hydrogen) atoms. The molecule has 1 amide bonds. The van der Waals surface area contributed by atoms with Crippen molar-refractivity contribution in [3.8, 4) is 0 Å². The molecule has 7 heteroatoms. The topological polar surface area (TPSA) is 75.3 Å². The van der Waals surface area contributed by atoms with Crippen LogP contribution in [0.4, 0.5) is 0 Å². The molecule has 0 unspecified atom stereocenters. The summed E-state index contributed by atoms with van der Waals surface area (Å²) >= 11 is 6.03. The summed E-state index contributed by atoms with van der Waals surface area (Å²) in [5.41, 5.74) is 2.16. The van der Waals surface area contributed by atoms with Crippen LogP contribution in [0.3, 0.4) is 0 Å². The first kappa shape index (κ1) is 21.8. The number of aryl methyl sites for hydroxylation is 1. The normalized spacial score (nSPS) is 15.9. The molecule has 2 aromatic rings. The summed E-state index contributed by atoms with van der Waals surface area (Å²) in [6.45, 7) is 0.632. The van der Waals surface area contributed by atoms with E-state index in [1.807, 2.05) is 12.1 Å². The van der Waals surface area contributed by atoms with E-state index in [1.54, 1.807) is 24.3 Å². The summed E-state index contributed by atoms with van der Waals surface area (Å²) < 4.78 is 25.8. The number of rotatable bonds is 8. The van der Waals surface area contributed by atoms with Gasteiger partial charge in [-0.25, -0.2) is 13.1 Å². The second-order valence-electron chi connectivity index (χ2n) is 7.62. The molecule has 0 radical (unpaired) electrons. The maximum absolute atomic E-state index is 12.4. The van der Waals surface area contributed by atoms with Gasteiger partial charge in [-0.1, -0.05) is 48.7 Å². The molecule has 2 N–H and O–H groups in total. The Labute approximate surface area is 177 Å². The van der Waals surface area contributed by atoms with Crippen LogP contribution in [-0.2, 0) is 26.7 Å². The molecule has 3 rings (SSSR count). The highest BCUT2D eigenvalue weighted by molar-refractivity contribution is 7.89. The Hall–Kier alpha value is -1.89. The highest BCUT2D eigenvalue weighted by Gasteiger charge is 2.35. The zero-order valence-electron chi connectivity index (χ0n) is 16.6. The van der Waals surface area contributed by atoms with E-state index in [1.165, 1.54) is 25.5 Å². The molecular weight excluding hydrogens is 408 g/mol. The minimum Gasteiger partial charge on any atom is -0.355 e. The first-order valence-electron chi connectivity index (χ1n) is 9.90. The van der Waals surface area contributed by atoms with Gasteiger partial charge in [-0.15, -0.1) is 0 Å². The van der Waals surface area contributed by atoms with Gasteiger partial charge in [-0.05, 0) is 61.7 Å². The number of amides is 1. The van der Waals surface area contributed by atoms with E-state index in [0.29, 0.717) is 19.4 Å². The molecule has 0 saturated heterocycles. The van der Waals surface area contributed by atoms with Gasteiger partial charge in [0.15, 0.2) is 0 Å². The molecule has 2 aromatic carbocycles. The van der Waals surface area contributed by atoms with E-state index >= 15 is 0 Å². The van der Waals surface area contributed by atoms with Crippen molar-refractivity contribution in [1.29, 1.82) is 0 Å². The maximum Gasteiger partial charge on any atom is 0.240 e. The zero-order chi connectivity index (χ0) is 20.9. The van der Waals surface area contributed by atoms with Crippen molar-refractivity contribution in [3.63, 3.8) is 0 Å². The largest absolute Gasteiger partial charge is 0.355 e. The standard InChI is InChI=1S/C22H27ClN2O3S/c1-24-29(27,28)20-11-4-17(5-12-20)6-13-21(26)25-16-22(14-2-3-15-22)18-7-9-19(23)10-8-18/h4-5,7-12,24H,2-3,6,13-16H2,1H3,(H,25,26). The van der Waals surface area contributed by atoms with Crippen molar-refractivity contribution in [2.45, 2.75) is 48.8 Å². The number of hydrogen-bond donors (Lipinski definition) is 2. The molecule has 0 aliphatic heterocycles. The Kier molecular flexibility index (Phi) is 6.98. The average molecular weight is 435 g/mol. The third kappa shape index (κ3) is 5.38. The van der Waals surface area contributed by atoms with Crippen LogP contribution in [-0.4, -0.2) is 27.9 Å². The van der Waals surface area contributed by atoms with Gasteiger partial charge in [0, 0.05) is 23.4 Å². The summed E-state index contributed by atoms with van der Waals surface area (Å²) in [6.07, 6.45) is 5.40. The van der Waals surface area contributed by atoms with Gasteiger partial charge in [0.05, 0.1) is 4.90 Å². The zero-order valence-corrected chi connectivity index (χ0v) is 18.2. The van der Waals surface area contributed by atoms with Crippen LogP contribution in [0.2, 0.25) is 5.02 Å². The minimum atomic E-state index is -3.44. The van der Waals surface area contributed by atoms with E-state index in [4.69, 9.17) is 11.6 Å². The Bertz CT molecular complexity index is 935. The van der Waals surface area contributed by atoms with Crippen LogP contribution in [0.25, 0.3) is 0 Å². The summed E-state index contributed by atoms with van der Waals surface area (Å²) in [5, 5.41) is 3.84. The fraction of sp³-hybridized carbons (Fsp3) is 0.409. The molecule has 0 spiro atoms. The predicted molar refractivity (Wildman–Crippen MR) is 116 cm³/mol. The summed E-state index contributed by atoms with van der Waals surface area (Å²) in [4.78, 5) is 12.7. The van der Waals surface area contributed by atoms with Crippen molar-refractivity contribution in [2.24, 2.45) is 0 Å². The summed E-state index contributed by atoms with van der Waals surface area (Å²) in [5.74, 6) is 0.0113. The van der Waals surface area contributed by atoms with Crippen molar-refractivity contribution in [2.75, 3.05) is 13.6 Å². The number of halogens is 1. The molecule has 0 atom stereocenters. The Morgan fingerprint density at radius 1 is 1.03 bits per heavy atom. The predicted octanol–water partition coefficient (Wildman–Crippen LogP) is 3.81. The smallest absolute Gasteiger partial charge is 0.240 e. The van der Waals surface area contributed by atoms with E-state index in [9.17, 15) is 13.2 Å². The highest BCUT2D eigenvalue weighted by Crippen LogP contribution is 2.40. The van der Waals surface area contributed by atoms with E-state index < -0.39 is 10.0 Å². The molecule has 1 aliphatic rings. The van der Waals surface area contributed by atoms with Crippen LogP contribution in [0, 0.1) is 0 Å². The molecule has 156 valence electrons. The number of carbonyl (C=O) groups is 1. The lowest BCUT2D eigenvalue weighted by Crippen LogP contribution is -2.39. The fourth-order valence-corrected chi connectivity index (χ4v) is 4.85. The summed E-state index contributed by atoms with van der Waals surface area (Å²) in [6, 6.07) is 14.6. The van der Waals surface area contributed by atoms with Gasteiger partial charge in [0.1, 0.15) is 0 Å². The lowest BCUT2D eigenvalue weighted by atomic mass is 9.79. The molecular formula is C22H27ClN2O3S. The van der Waals surface area contributed by atoms with Crippen LogP contribution < -0.4 is 10.0 Å². The van der Waals surface area contributed by atoms with Crippen LogP contribution in [0.5, 0.6) is 0 Å². The number of hydrogen-bond acceptors (Lipinski definition) is 3. The van der Waals surface area contributed by atoms with Crippen molar-refractivity contribution >= 4 is 27.5 Å². The van der Waals surface area contributed by atoms with Gasteiger partial charge in [-0.2, -0.15) is 0 Å². The molecule has 0 aromatic heterocycles. The fourth-order valence-electron chi connectivity index (χ4n) is 3.99. The van der Waals surface area contributed by atoms with Gasteiger partial charge >= 0.3 is 0 Å². The first-order chi connectivity index (χ1) is 13.8. The summed E-state index contributed by atoms with van der Waals surface area (Å²) in [7, 11) is -2.05. The molecule has 1 aliphatic carbocycles. The van der Waals surface area contributed by atoms with Crippen molar-refractivity contribution < 1.29 is 13.2 Å². The lowest BCUT2D eigenvalue weighted by molar-refractivity contribution is -0.121. The minimum absolute atomic E-state index is 0.0105. The van der Waals surface area contributed by atoms with Gasteiger partial charge in [0.2, 0.25) is 15.9 Å². The molecule has 0 heterocycles. The first-order valence-corrected chi connectivity index (χ1v) is 11.8. The van der Waals surface area contributed by atoms with Crippen LogP contribution in [0.1, 0.15) is 43.2 Å². The van der Waals surface area contributed by atoms with Crippen molar-refractivity contribution in [3.05, 3.63) is 64.7 Å². The third-order valence-corrected chi connectivity index (χ3v) is 7.47. The van der Waals surface area contributed by atoms with Crippen LogP contribution in [0.15, 0.2) is 53.4 Å². The van der Waals surface area contributed by atoms with E-state index in [-0.39, 0.29) is 16.2 Å². The number of benzene rings is 2. The van der Waals surface area contributed by atoms with Crippen LogP contribution >= 0.6 is 11.6 Å². The van der Waals surface area contributed by atoms with Gasteiger partial charge in [0.25, 0.3) is 0 Å². The average Bonchev–Trinajstić information content (AvgIpc) is 3.21. The Morgan fingerprint density at radius 3 is 2.24 bits per heavy atom. The Balaban J connectivity index is 1.56. The quantitative estimate of drug-likeness (QED) is 0.663.